The smallest absolute Gasteiger partial charge is 0.322 e. The van der Waals surface area contributed by atoms with Gasteiger partial charge in [-0.25, -0.2) is 0 Å². The first-order chi connectivity index (χ1) is 11.6. The second-order valence-electron chi connectivity index (χ2n) is 4.71. The van der Waals surface area contributed by atoms with Crippen molar-refractivity contribution in [3.05, 3.63) is 51.0 Å². The molecule has 0 unspecified atom stereocenters. The fourth-order valence-electron chi connectivity index (χ4n) is 2.12. The van der Waals surface area contributed by atoms with Crippen molar-refractivity contribution in [3.8, 4) is 11.7 Å². The summed E-state index contributed by atoms with van der Waals surface area (Å²) in [5, 5.41) is 11.4. The molecule has 0 saturated carbocycles. The summed E-state index contributed by atoms with van der Waals surface area (Å²) in [4.78, 5) is 12.8. The van der Waals surface area contributed by atoms with Crippen molar-refractivity contribution in [3.63, 3.8) is 0 Å². The lowest BCUT2D eigenvalue weighted by molar-refractivity contribution is 0.102. The summed E-state index contributed by atoms with van der Waals surface area (Å²) in [6, 6.07) is 10.9. The van der Waals surface area contributed by atoms with E-state index in [4.69, 9.17) is 20.4 Å². The number of furan rings is 1. The molecule has 0 aliphatic carbocycles. The summed E-state index contributed by atoms with van der Waals surface area (Å²) in [5.74, 6) is 0.158. The Hall–Kier alpha value is -2.16. The number of carbonyl (C=O) groups is 1. The molecule has 4 aromatic rings. The van der Waals surface area contributed by atoms with E-state index in [1.54, 1.807) is 12.1 Å². The van der Waals surface area contributed by atoms with Crippen LogP contribution in [0, 0.1) is 0 Å². The summed E-state index contributed by atoms with van der Waals surface area (Å²) in [6.07, 6.45) is 0. The predicted molar refractivity (Wildman–Crippen MR) is 94.5 cm³/mol. The molecule has 3 aromatic heterocycles. The molecule has 0 spiro atoms. The second kappa shape index (κ2) is 6.04. The van der Waals surface area contributed by atoms with Gasteiger partial charge in [0.1, 0.15) is 4.88 Å². The van der Waals surface area contributed by atoms with E-state index in [1.807, 2.05) is 24.3 Å². The molecule has 0 aliphatic heterocycles. The lowest BCUT2D eigenvalue weighted by Gasteiger charge is -1.97. The minimum absolute atomic E-state index is 0.0314. The van der Waals surface area contributed by atoms with E-state index in [0.29, 0.717) is 20.3 Å². The molecular formula is C15H7BrClN3O3S. The lowest BCUT2D eigenvalue weighted by Crippen LogP contribution is -2.10. The third-order valence-electron chi connectivity index (χ3n) is 3.17. The number of rotatable bonds is 3. The van der Waals surface area contributed by atoms with Gasteiger partial charge >= 0.3 is 6.01 Å². The number of carbonyl (C=O) groups excluding carboxylic acids is 1. The number of fused-ring (bicyclic) bond motifs is 1. The number of benzene rings is 1. The van der Waals surface area contributed by atoms with Gasteiger partial charge in [0.05, 0.1) is 5.02 Å². The first kappa shape index (κ1) is 15.4. The first-order valence-electron chi connectivity index (χ1n) is 6.69. The highest BCUT2D eigenvalue weighted by molar-refractivity contribution is 9.10. The van der Waals surface area contributed by atoms with E-state index >= 15 is 0 Å². The van der Waals surface area contributed by atoms with Crippen LogP contribution in [0.25, 0.3) is 21.7 Å². The van der Waals surface area contributed by atoms with Crippen LogP contribution in [0.1, 0.15) is 9.67 Å². The van der Waals surface area contributed by atoms with Crippen LogP contribution < -0.4 is 5.32 Å². The van der Waals surface area contributed by atoms with E-state index in [0.717, 1.165) is 10.1 Å². The molecule has 0 radical (unpaired) electrons. The Morgan fingerprint density at radius 1 is 1.17 bits per heavy atom. The maximum absolute atomic E-state index is 12.4. The summed E-state index contributed by atoms with van der Waals surface area (Å²) >= 11 is 10.8. The molecule has 0 atom stereocenters. The molecule has 1 N–H and O–H groups in total. The molecule has 6 nitrogen and oxygen atoms in total. The zero-order chi connectivity index (χ0) is 16.7. The topological polar surface area (TPSA) is 81.2 Å². The van der Waals surface area contributed by atoms with Crippen LogP contribution in [0.15, 0.2) is 49.9 Å². The molecule has 0 saturated heterocycles. The Morgan fingerprint density at radius 2 is 2.00 bits per heavy atom. The van der Waals surface area contributed by atoms with Gasteiger partial charge in [-0.2, -0.15) is 0 Å². The van der Waals surface area contributed by atoms with Crippen LogP contribution in [0.2, 0.25) is 5.02 Å². The van der Waals surface area contributed by atoms with Gasteiger partial charge in [0, 0.05) is 10.1 Å². The maximum Gasteiger partial charge on any atom is 0.322 e. The second-order valence-corrected chi connectivity index (χ2v) is 6.92. The number of nitrogens with zero attached hydrogens (tertiary/aromatic N) is 2. The zero-order valence-corrected chi connectivity index (χ0v) is 14.9. The van der Waals surface area contributed by atoms with Crippen molar-refractivity contribution in [2.75, 3.05) is 5.32 Å². The molecule has 0 fully saturated rings. The fraction of sp³-hybridized carbons (Fsp3) is 0. The molecule has 9 heteroatoms. The normalized spacial score (nSPS) is 11.1. The zero-order valence-electron chi connectivity index (χ0n) is 11.7. The molecule has 1 aromatic carbocycles. The Labute approximate surface area is 152 Å². The van der Waals surface area contributed by atoms with Crippen LogP contribution in [-0.2, 0) is 0 Å². The Morgan fingerprint density at radius 3 is 2.75 bits per heavy atom. The number of nitrogens with one attached hydrogen (secondary N) is 1. The monoisotopic (exact) mass is 423 g/mol. The van der Waals surface area contributed by atoms with Crippen LogP contribution in [-0.4, -0.2) is 16.1 Å². The van der Waals surface area contributed by atoms with Crippen molar-refractivity contribution in [1.29, 1.82) is 0 Å². The van der Waals surface area contributed by atoms with Gasteiger partial charge < -0.3 is 8.83 Å². The summed E-state index contributed by atoms with van der Waals surface area (Å²) < 4.78 is 12.2. The number of amides is 1. The number of halogens is 2. The van der Waals surface area contributed by atoms with E-state index in [9.17, 15) is 4.79 Å². The molecule has 1 amide bonds. The predicted octanol–water partition coefficient (Wildman–Crippen LogP) is 5.21. The molecule has 3 heterocycles. The number of hydrogen-bond donors (Lipinski definition) is 1. The van der Waals surface area contributed by atoms with Gasteiger partial charge in [0.2, 0.25) is 0 Å². The third kappa shape index (κ3) is 2.72. The minimum Gasteiger partial charge on any atom is -0.444 e. The van der Waals surface area contributed by atoms with Crippen molar-refractivity contribution in [2.24, 2.45) is 0 Å². The molecule has 0 bridgehead atoms. The Bertz CT molecular complexity index is 1060. The van der Waals surface area contributed by atoms with Gasteiger partial charge in [-0.3, -0.25) is 10.1 Å². The third-order valence-corrected chi connectivity index (χ3v) is 5.27. The van der Waals surface area contributed by atoms with E-state index in [-0.39, 0.29) is 11.9 Å². The average Bonchev–Trinajstić information content (AvgIpc) is 3.27. The van der Waals surface area contributed by atoms with Crippen LogP contribution in [0.5, 0.6) is 0 Å². The number of aromatic nitrogens is 2. The van der Waals surface area contributed by atoms with Gasteiger partial charge in [0.15, 0.2) is 10.4 Å². The summed E-state index contributed by atoms with van der Waals surface area (Å²) in [7, 11) is 0. The SMILES string of the molecule is O=C(Nc1nnc(-c2ccc(Br)o2)o1)c1sc2ccccc2c1Cl. The van der Waals surface area contributed by atoms with Crippen LogP contribution in [0.4, 0.5) is 6.01 Å². The number of anilines is 1. The molecular weight excluding hydrogens is 418 g/mol. The van der Waals surface area contributed by atoms with E-state index in [1.165, 1.54) is 11.3 Å². The highest BCUT2D eigenvalue weighted by Gasteiger charge is 2.20. The van der Waals surface area contributed by atoms with E-state index < -0.39 is 5.91 Å². The van der Waals surface area contributed by atoms with Crippen molar-refractivity contribution >= 4 is 60.9 Å². The van der Waals surface area contributed by atoms with Crippen molar-refractivity contribution < 1.29 is 13.6 Å². The van der Waals surface area contributed by atoms with Gasteiger partial charge in [-0.1, -0.05) is 34.9 Å². The summed E-state index contributed by atoms with van der Waals surface area (Å²) in [6.45, 7) is 0. The number of thiophene rings is 1. The molecule has 120 valence electrons. The number of hydrogen-bond acceptors (Lipinski definition) is 6. The van der Waals surface area contributed by atoms with Gasteiger partial charge in [-0.15, -0.1) is 16.4 Å². The molecule has 4 rings (SSSR count). The lowest BCUT2D eigenvalue weighted by atomic mass is 10.2. The first-order valence-corrected chi connectivity index (χ1v) is 8.68. The Kier molecular flexibility index (Phi) is 3.87. The quantitative estimate of drug-likeness (QED) is 0.488. The van der Waals surface area contributed by atoms with Crippen molar-refractivity contribution in [1.82, 2.24) is 10.2 Å². The van der Waals surface area contributed by atoms with Crippen LogP contribution >= 0.6 is 38.9 Å². The highest BCUT2D eigenvalue weighted by Crippen LogP contribution is 2.35. The highest BCUT2D eigenvalue weighted by atomic mass is 79.9. The average molecular weight is 425 g/mol. The summed E-state index contributed by atoms with van der Waals surface area (Å²) in [5.41, 5.74) is 0. The van der Waals surface area contributed by atoms with E-state index in [2.05, 4.69) is 31.4 Å². The van der Waals surface area contributed by atoms with Crippen molar-refractivity contribution in [2.45, 2.75) is 0 Å². The largest absolute Gasteiger partial charge is 0.444 e. The molecule has 0 aliphatic rings. The van der Waals surface area contributed by atoms with Gasteiger partial charge in [0.25, 0.3) is 11.8 Å². The molecule has 24 heavy (non-hydrogen) atoms. The minimum atomic E-state index is -0.406. The van der Waals surface area contributed by atoms with Gasteiger partial charge in [-0.05, 0) is 34.1 Å². The standard InChI is InChI=1S/C15H7BrClN3O3S/c16-10-6-5-8(22-10)14-19-20-15(23-14)18-13(21)12-11(17)7-3-1-2-4-9(7)24-12/h1-6H,(H,18,20,21). The Balaban J connectivity index is 1.59. The van der Waals surface area contributed by atoms with Crippen LogP contribution in [0.3, 0.4) is 0 Å². The fourth-order valence-corrected chi connectivity index (χ4v) is 3.84. The maximum atomic E-state index is 12.4.